The van der Waals surface area contributed by atoms with E-state index in [-0.39, 0.29) is 5.69 Å². The summed E-state index contributed by atoms with van der Waals surface area (Å²) in [5.74, 6) is -0.799. The molecule has 0 aliphatic heterocycles. The minimum atomic E-state index is -4.53. The zero-order valence-corrected chi connectivity index (χ0v) is 17.3. The third-order valence-electron chi connectivity index (χ3n) is 4.33. The predicted molar refractivity (Wildman–Crippen MR) is 118 cm³/mol. The number of carbonyl (C=O) groups is 2. The summed E-state index contributed by atoms with van der Waals surface area (Å²) >= 11 is 0. The Morgan fingerprint density at radius 1 is 0.909 bits per heavy atom. The van der Waals surface area contributed by atoms with E-state index in [1.807, 2.05) is 30.3 Å². The van der Waals surface area contributed by atoms with Crippen molar-refractivity contribution >= 4 is 23.7 Å². The molecule has 33 heavy (non-hydrogen) atoms. The third kappa shape index (κ3) is 7.80. The van der Waals surface area contributed by atoms with Crippen LogP contribution in [0.15, 0.2) is 84.0 Å². The Morgan fingerprint density at radius 2 is 1.64 bits per heavy atom. The van der Waals surface area contributed by atoms with Gasteiger partial charge in [0.2, 0.25) is 11.8 Å². The molecule has 0 radical (unpaired) electrons. The highest BCUT2D eigenvalue weighted by molar-refractivity contribution is 6.03. The summed E-state index contributed by atoms with van der Waals surface area (Å²) in [6.45, 7) is 0.437. The second-order valence-electron chi connectivity index (χ2n) is 6.94. The average molecular weight is 455 g/mol. The average Bonchev–Trinajstić information content (AvgIpc) is 2.79. The predicted octanol–water partition coefficient (Wildman–Crippen LogP) is 4.76. The summed E-state index contributed by atoms with van der Waals surface area (Å²) in [5, 5.41) is 6.04. The molecule has 3 rings (SSSR count). The summed E-state index contributed by atoms with van der Waals surface area (Å²) < 4.78 is 43.9. The Bertz CT molecular complexity index is 1120. The maximum atomic E-state index is 12.7. The van der Waals surface area contributed by atoms with Crippen molar-refractivity contribution in [1.82, 2.24) is 5.43 Å². The van der Waals surface area contributed by atoms with Gasteiger partial charge < -0.3 is 10.1 Å². The molecule has 3 aromatic carbocycles. The summed E-state index contributed by atoms with van der Waals surface area (Å²) in [7, 11) is 0. The second-order valence-corrected chi connectivity index (χ2v) is 6.94. The highest BCUT2D eigenvalue weighted by Crippen LogP contribution is 2.30. The van der Waals surface area contributed by atoms with Crippen LogP contribution in [0.1, 0.15) is 23.1 Å². The molecule has 3 aromatic rings. The summed E-state index contributed by atoms with van der Waals surface area (Å²) in [6, 6.07) is 20.9. The molecule has 0 heterocycles. The van der Waals surface area contributed by atoms with Crippen LogP contribution in [-0.4, -0.2) is 18.0 Å². The van der Waals surface area contributed by atoms with Crippen LogP contribution in [0.4, 0.5) is 18.9 Å². The van der Waals surface area contributed by atoms with Gasteiger partial charge >= 0.3 is 6.18 Å². The Kier molecular flexibility index (Phi) is 7.80. The first-order valence-corrected chi connectivity index (χ1v) is 9.85. The number of ether oxygens (including phenoxy) is 1. The van der Waals surface area contributed by atoms with Crippen LogP contribution in [0.5, 0.6) is 5.75 Å². The van der Waals surface area contributed by atoms with Crippen molar-refractivity contribution in [3.05, 3.63) is 95.6 Å². The number of nitrogens with zero attached hydrogens (tertiary/aromatic N) is 1. The maximum Gasteiger partial charge on any atom is 0.416 e. The first-order valence-electron chi connectivity index (χ1n) is 9.85. The zero-order valence-electron chi connectivity index (χ0n) is 17.3. The van der Waals surface area contributed by atoms with Gasteiger partial charge in [0.15, 0.2) is 0 Å². The first-order chi connectivity index (χ1) is 15.8. The van der Waals surface area contributed by atoms with Crippen molar-refractivity contribution in [1.29, 1.82) is 0 Å². The topological polar surface area (TPSA) is 79.8 Å². The van der Waals surface area contributed by atoms with Gasteiger partial charge in [-0.3, -0.25) is 9.59 Å². The molecule has 170 valence electrons. The van der Waals surface area contributed by atoms with E-state index in [2.05, 4.69) is 15.8 Å². The smallest absolute Gasteiger partial charge is 0.416 e. The van der Waals surface area contributed by atoms with E-state index in [1.54, 1.807) is 24.3 Å². The number of hydrogen-bond donors (Lipinski definition) is 2. The Hall–Kier alpha value is -4.14. The van der Waals surface area contributed by atoms with Crippen LogP contribution in [0.3, 0.4) is 0 Å². The van der Waals surface area contributed by atoms with Gasteiger partial charge in [-0.1, -0.05) is 36.4 Å². The van der Waals surface area contributed by atoms with E-state index < -0.39 is 30.0 Å². The number of hydrazone groups is 1. The van der Waals surface area contributed by atoms with Gasteiger partial charge in [0.1, 0.15) is 18.8 Å². The van der Waals surface area contributed by atoms with Gasteiger partial charge in [-0.15, -0.1) is 0 Å². The molecule has 0 aliphatic rings. The van der Waals surface area contributed by atoms with Crippen molar-refractivity contribution in [3.8, 4) is 5.75 Å². The van der Waals surface area contributed by atoms with Crippen LogP contribution in [-0.2, 0) is 22.4 Å². The van der Waals surface area contributed by atoms with E-state index in [0.29, 0.717) is 17.9 Å². The lowest BCUT2D eigenvalue weighted by molar-refractivity contribution is -0.137. The van der Waals surface area contributed by atoms with Crippen molar-refractivity contribution in [2.24, 2.45) is 5.10 Å². The normalized spacial score (nSPS) is 11.2. The van der Waals surface area contributed by atoms with Gasteiger partial charge in [-0.25, -0.2) is 5.43 Å². The van der Waals surface area contributed by atoms with E-state index >= 15 is 0 Å². The third-order valence-corrected chi connectivity index (χ3v) is 4.33. The number of hydrogen-bond acceptors (Lipinski definition) is 4. The standard InChI is InChI=1S/C24H20F3N3O3/c25-24(26,27)19-7-4-8-20(13-19)29-22(31)14-23(32)30-28-15-17-9-11-21(12-10-17)33-16-18-5-2-1-3-6-18/h1-13,15H,14,16H2,(H,29,31)(H,30,32). The lowest BCUT2D eigenvalue weighted by Crippen LogP contribution is -2.24. The molecule has 2 amide bonds. The van der Waals surface area contributed by atoms with Crippen LogP contribution in [0.25, 0.3) is 0 Å². The minimum absolute atomic E-state index is 0.0549. The molecule has 0 spiro atoms. The number of rotatable bonds is 8. The molecule has 9 heteroatoms. The summed E-state index contributed by atoms with van der Waals surface area (Å²) in [5.41, 5.74) is 2.99. The molecule has 2 N–H and O–H groups in total. The Morgan fingerprint density at radius 3 is 2.33 bits per heavy atom. The number of carbonyl (C=O) groups excluding carboxylic acids is 2. The van der Waals surface area contributed by atoms with Gasteiger partial charge in [0, 0.05) is 5.69 Å². The highest BCUT2D eigenvalue weighted by Gasteiger charge is 2.30. The monoisotopic (exact) mass is 455 g/mol. The van der Waals surface area contributed by atoms with Crippen LogP contribution >= 0.6 is 0 Å². The SMILES string of the molecule is O=C(CC(=O)Nc1cccc(C(F)(F)F)c1)NN=Cc1ccc(OCc2ccccc2)cc1. The number of benzene rings is 3. The fraction of sp³-hybridized carbons (Fsp3) is 0.125. The molecule has 0 bridgehead atoms. The number of alkyl halides is 3. The Balaban J connectivity index is 1.43. The first kappa shape index (κ1) is 23.5. The largest absolute Gasteiger partial charge is 0.489 e. The van der Waals surface area contributed by atoms with Gasteiger partial charge in [-0.05, 0) is 53.6 Å². The molecule has 0 unspecified atom stereocenters. The Labute approximate surface area is 188 Å². The van der Waals surface area contributed by atoms with Crippen LogP contribution in [0.2, 0.25) is 0 Å². The van der Waals surface area contributed by atoms with Gasteiger partial charge in [0.25, 0.3) is 0 Å². The van der Waals surface area contributed by atoms with E-state index in [9.17, 15) is 22.8 Å². The molecule has 0 saturated heterocycles. The van der Waals surface area contributed by atoms with Crippen molar-refractivity contribution in [3.63, 3.8) is 0 Å². The van der Waals surface area contributed by atoms with Crippen LogP contribution in [0, 0.1) is 0 Å². The summed E-state index contributed by atoms with van der Waals surface area (Å²) in [6.07, 6.45) is -3.73. The lowest BCUT2D eigenvalue weighted by atomic mass is 10.2. The second kappa shape index (κ2) is 10.9. The number of anilines is 1. The fourth-order valence-corrected chi connectivity index (χ4v) is 2.73. The van der Waals surface area contributed by atoms with Gasteiger partial charge in [0.05, 0.1) is 11.8 Å². The zero-order chi connectivity index (χ0) is 23.7. The van der Waals surface area contributed by atoms with Gasteiger partial charge in [-0.2, -0.15) is 18.3 Å². The van der Waals surface area contributed by atoms with Crippen molar-refractivity contribution in [2.45, 2.75) is 19.2 Å². The molecule has 0 aliphatic carbocycles. The maximum absolute atomic E-state index is 12.7. The molecule has 0 saturated carbocycles. The molecular formula is C24H20F3N3O3. The number of nitrogens with one attached hydrogen (secondary N) is 2. The molecule has 0 atom stereocenters. The van der Waals surface area contributed by atoms with E-state index in [0.717, 1.165) is 17.7 Å². The molecule has 0 fully saturated rings. The highest BCUT2D eigenvalue weighted by atomic mass is 19.4. The van der Waals surface area contributed by atoms with Crippen molar-refractivity contribution < 1.29 is 27.5 Å². The quantitative estimate of drug-likeness (QED) is 0.292. The number of halogens is 3. The number of amides is 2. The van der Waals surface area contributed by atoms with E-state index in [4.69, 9.17) is 4.74 Å². The van der Waals surface area contributed by atoms with E-state index in [1.165, 1.54) is 18.3 Å². The molecule has 0 aromatic heterocycles. The van der Waals surface area contributed by atoms with Crippen LogP contribution < -0.4 is 15.5 Å². The molecular weight excluding hydrogens is 435 g/mol. The summed E-state index contributed by atoms with van der Waals surface area (Å²) in [4.78, 5) is 23.7. The minimum Gasteiger partial charge on any atom is -0.489 e. The molecule has 6 nitrogen and oxygen atoms in total. The lowest BCUT2D eigenvalue weighted by Gasteiger charge is -2.09. The fourth-order valence-electron chi connectivity index (χ4n) is 2.73. The van der Waals surface area contributed by atoms with Crippen molar-refractivity contribution in [2.75, 3.05) is 5.32 Å².